The molecule has 0 aromatic carbocycles. The average Bonchev–Trinajstić information content (AvgIpc) is 3.30. The van der Waals surface area contributed by atoms with Gasteiger partial charge >= 0.3 is 0 Å². The molecule has 1 N–H and O–H groups in total. The van der Waals surface area contributed by atoms with Crippen molar-refractivity contribution in [2.45, 2.75) is 116 Å². The van der Waals surface area contributed by atoms with E-state index in [1.807, 2.05) is 23.6 Å². The van der Waals surface area contributed by atoms with E-state index in [1.165, 1.54) is 83.5 Å². The summed E-state index contributed by atoms with van der Waals surface area (Å²) >= 11 is 1.57. The van der Waals surface area contributed by atoms with Crippen LogP contribution in [0, 0.1) is 0 Å². The van der Waals surface area contributed by atoms with Crippen LogP contribution in [-0.2, 0) is 11.3 Å². The fourth-order valence-corrected chi connectivity index (χ4v) is 4.72. The fourth-order valence-electron chi connectivity index (χ4n) is 3.93. The van der Waals surface area contributed by atoms with Crippen LogP contribution in [0.2, 0.25) is 0 Å². The smallest absolute Gasteiger partial charge is 0.220 e. The molecule has 0 radical (unpaired) electrons. The van der Waals surface area contributed by atoms with Gasteiger partial charge in [-0.15, -0.1) is 11.3 Å². The lowest BCUT2D eigenvalue weighted by Crippen LogP contribution is -2.22. The number of carbonyl (C=O) groups excluding carboxylic acids is 1. The molecule has 0 aliphatic heterocycles. The zero-order chi connectivity index (χ0) is 22.7. The molecule has 4 nitrogen and oxygen atoms in total. The lowest BCUT2D eigenvalue weighted by molar-refractivity contribution is -0.121. The minimum absolute atomic E-state index is 0.132. The van der Waals surface area contributed by atoms with E-state index in [0.29, 0.717) is 13.0 Å². The number of unbranched alkanes of at least 4 members (excludes halogenated alkanes) is 14. The molecule has 0 spiro atoms. The first-order valence-electron chi connectivity index (χ1n) is 12.9. The molecule has 2 rings (SSSR count). The Balaban J connectivity index is 1.37. The predicted molar refractivity (Wildman–Crippen MR) is 137 cm³/mol. The van der Waals surface area contributed by atoms with Crippen molar-refractivity contribution in [2.24, 2.45) is 0 Å². The Hall–Kier alpha value is -1.75. The monoisotopic (exact) mass is 457 g/mol. The molecule has 0 saturated carbocycles. The van der Waals surface area contributed by atoms with E-state index in [-0.39, 0.29) is 5.91 Å². The molecule has 178 valence electrons. The zero-order valence-corrected chi connectivity index (χ0v) is 20.9. The van der Waals surface area contributed by atoms with Gasteiger partial charge in [-0.1, -0.05) is 103 Å². The summed E-state index contributed by atoms with van der Waals surface area (Å²) in [4.78, 5) is 21.0. The van der Waals surface area contributed by atoms with Gasteiger partial charge in [0.15, 0.2) is 0 Å². The van der Waals surface area contributed by atoms with Gasteiger partial charge in [0.1, 0.15) is 5.01 Å². The summed E-state index contributed by atoms with van der Waals surface area (Å²) < 4.78 is 0. The van der Waals surface area contributed by atoms with Crippen LogP contribution in [0.15, 0.2) is 29.8 Å². The summed E-state index contributed by atoms with van der Waals surface area (Å²) in [6.45, 7) is 2.78. The van der Waals surface area contributed by atoms with Crippen molar-refractivity contribution in [3.63, 3.8) is 0 Å². The highest BCUT2D eigenvalue weighted by atomic mass is 32.1. The molecule has 0 unspecified atom stereocenters. The molecular weight excluding hydrogens is 414 g/mol. The Morgan fingerprint density at radius 1 is 0.844 bits per heavy atom. The van der Waals surface area contributed by atoms with Gasteiger partial charge in [-0.05, 0) is 18.6 Å². The number of amides is 1. The van der Waals surface area contributed by atoms with Crippen LogP contribution >= 0.6 is 11.3 Å². The second kappa shape index (κ2) is 17.8. The first kappa shape index (κ1) is 26.5. The van der Waals surface area contributed by atoms with Gasteiger partial charge in [0.05, 0.1) is 17.9 Å². The molecule has 0 aliphatic rings. The first-order valence-corrected chi connectivity index (χ1v) is 13.8. The largest absolute Gasteiger partial charge is 0.350 e. The summed E-state index contributed by atoms with van der Waals surface area (Å²) in [5.74, 6) is 0.132. The molecule has 0 atom stereocenters. The van der Waals surface area contributed by atoms with E-state index in [2.05, 4.69) is 22.2 Å². The third-order valence-electron chi connectivity index (χ3n) is 5.91. The summed E-state index contributed by atoms with van der Waals surface area (Å²) in [5.41, 5.74) is 1.79. The number of nitrogens with zero attached hydrogens (tertiary/aromatic N) is 2. The summed E-state index contributed by atoms with van der Waals surface area (Å²) in [5, 5.41) is 5.90. The maximum absolute atomic E-state index is 12.1. The van der Waals surface area contributed by atoms with Crippen LogP contribution in [0.5, 0.6) is 0 Å². The molecular formula is C27H43N3OS. The number of hydrogen-bond acceptors (Lipinski definition) is 4. The molecule has 0 fully saturated rings. The first-order chi connectivity index (χ1) is 15.8. The van der Waals surface area contributed by atoms with Gasteiger partial charge in [-0.2, -0.15) is 0 Å². The number of carbonyl (C=O) groups is 1. The van der Waals surface area contributed by atoms with Crippen molar-refractivity contribution >= 4 is 17.2 Å². The van der Waals surface area contributed by atoms with Gasteiger partial charge in [0.2, 0.25) is 5.91 Å². The SMILES string of the molecule is CCCCCCCCCCCCCCCCCC(=O)NCc1csc(-c2ccccn2)n1. The molecule has 1 amide bonds. The van der Waals surface area contributed by atoms with Gasteiger partial charge in [-0.3, -0.25) is 9.78 Å². The van der Waals surface area contributed by atoms with E-state index in [0.717, 1.165) is 29.2 Å². The van der Waals surface area contributed by atoms with Crippen LogP contribution in [0.1, 0.15) is 115 Å². The highest BCUT2D eigenvalue weighted by Gasteiger charge is 2.07. The van der Waals surface area contributed by atoms with Crippen LogP contribution in [0.4, 0.5) is 0 Å². The van der Waals surface area contributed by atoms with Crippen molar-refractivity contribution in [1.82, 2.24) is 15.3 Å². The van der Waals surface area contributed by atoms with Crippen LogP contribution in [0.3, 0.4) is 0 Å². The number of nitrogens with one attached hydrogen (secondary N) is 1. The third kappa shape index (κ3) is 12.3. The lowest BCUT2D eigenvalue weighted by atomic mass is 10.0. The summed E-state index contributed by atoms with van der Waals surface area (Å²) in [6, 6.07) is 5.82. The van der Waals surface area contributed by atoms with E-state index >= 15 is 0 Å². The topological polar surface area (TPSA) is 54.9 Å². The zero-order valence-electron chi connectivity index (χ0n) is 20.1. The molecule has 5 heteroatoms. The molecule has 0 saturated heterocycles. The maximum Gasteiger partial charge on any atom is 0.220 e. The molecule has 2 heterocycles. The number of rotatable bonds is 19. The Kier molecular flexibility index (Phi) is 14.7. The van der Waals surface area contributed by atoms with Crippen molar-refractivity contribution in [3.8, 4) is 10.7 Å². The van der Waals surface area contributed by atoms with Crippen molar-refractivity contribution in [2.75, 3.05) is 0 Å². The second-order valence-corrected chi connectivity index (χ2v) is 9.69. The van der Waals surface area contributed by atoms with Gasteiger partial charge in [0, 0.05) is 18.0 Å². The van der Waals surface area contributed by atoms with Crippen molar-refractivity contribution < 1.29 is 4.79 Å². The standard InChI is InChI=1S/C27H43N3OS/c1-2-3-4-5-6-7-8-9-10-11-12-13-14-15-16-20-26(31)29-22-24-23-32-27(30-24)25-19-17-18-21-28-25/h17-19,21,23H,2-16,20,22H2,1H3,(H,29,31). The van der Waals surface area contributed by atoms with E-state index < -0.39 is 0 Å². The fraction of sp³-hybridized carbons (Fsp3) is 0.667. The number of thiazole rings is 1. The van der Waals surface area contributed by atoms with Crippen molar-refractivity contribution in [3.05, 3.63) is 35.5 Å². The number of hydrogen-bond donors (Lipinski definition) is 1. The van der Waals surface area contributed by atoms with Crippen LogP contribution in [-0.4, -0.2) is 15.9 Å². The molecule has 0 aliphatic carbocycles. The summed E-state index contributed by atoms with van der Waals surface area (Å²) in [6.07, 6.45) is 22.5. The van der Waals surface area contributed by atoms with E-state index in [4.69, 9.17) is 0 Å². The van der Waals surface area contributed by atoms with Crippen molar-refractivity contribution in [1.29, 1.82) is 0 Å². The summed E-state index contributed by atoms with van der Waals surface area (Å²) in [7, 11) is 0. The van der Waals surface area contributed by atoms with Crippen LogP contribution in [0.25, 0.3) is 10.7 Å². The van der Waals surface area contributed by atoms with Gasteiger partial charge in [0.25, 0.3) is 0 Å². The normalized spacial score (nSPS) is 11.0. The molecule has 2 aromatic rings. The predicted octanol–water partition coefficient (Wildman–Crippen LogP) is 8.08. The van der Waals surface area contributed by atoms with E-state index in [1.54, 1.807) is 17.5 Å². The molecule has 2 aromatic heterocycles. The maximum atomic E-state index is 12.1. The highest BCUT2D eigenvalue weighted by molar-refractivity contribution is 7.13. The Labute approximate surface area is 199 Å². The second-order valence-electron chi connectivity index (χ2n) is 8.84. The molecule has 0 bridgehead atoms. The minimum Gasteiger partial charge on any atom is -0.350 e. The molecule has 32 heavy (non-hydrogen) atoms. The van der Waals surface area contributed by atoms with Gasteiger partial charge < -0.3 is 5.32 Å². The Morgan fingerprint density at radius 3 is 2.00 bits per heavy atom. The quantitative estimate of drug-likeness (QED) is 0.217. The van der Waals surface area contributed by atoms with Crippen LogP contribution < -0.4 is 5.32 Å². The van der Waals surface area contributed by atoms with E-state index in [9.17, 15) is 4.79 Å². The Morgan fingerprint density at radius 2 is 1.44 bits per heavy atom. The average molecular weight is 458 g/mol. The lowest BCUT2D eigenvalue weighted by Gasteiger charge is -2.04. The number of pyridine rings is 1. The van der Waals surface area contributed by atoms with Gasteiger partial charge in [-0.25, -0.2) is 4.98 Å². The third-order valence-corrected chi connectivity index (χ3v) is 6.82. The minimum atomic E-state index is 0.132. The highest BCUT2D eigenvalue weighted by Crippen LogP contribution is 2.21. The number of aromatic nitrogens is 2. The Bertz CT molecular complexity index is 717.